The average Bonchev–Trinajstić information content (AvgIpc) is 2.56. The summed E-state index contributed by atoms with van der Waals surface area (Å²) in [5.41, 5.74) is 2.12. The maximum absolute atomic E-state index is 9.52. The summed E-state index contributed by atoms with van der Waals surface area (Å²) < 4.78 is 10.6. The number of phenols is 1. The molecule has 0 bridgehead atoms. The van der Waals surface area contributed by atoms with E-state index in [2.05, 4.69) is 12.1 Å². The van der Waals surface area contributed by atoms with Crippen molar-refractivity contribution in [2.24, 2.45) is 0 Å². The van der Waals surface area contributed by atoms with Gasteiger partial charge in [-0.1, -0.05) is 60.7 Å². The molecule has 3 nitrogen and oxygen atoms in total. The van der Waals surface area contributed by atoms with Gasteiger partial charge >= 0.3 is 0 Å². The maximum Gasteiger partial charge on any atom is 0.161 e. The van der Waals surface area contributed by atoms with E-state index in [4.69, 9.17) is 9.47 Å². The highest BCUT2D eigenvalue weighted by atomic mass is 16.5. The third-order valence-corrected chi connectivity index (χ3v) is 3.05. The second-order valence-corrected chi connectivity index (χ2v) is 4.68. The van der Waals surface area contributed by atoms with Gasteiger partial charge in [-0.15, -0.1) is 0 Å². The Hall–Kier alpha value is -2.52. The molecule has 0 saturated carbocycles. The van der Waals surface area contributed by atoms with Crippen molar-refractivity contribution in [3.8, 4) is 11.5 Å². The van der Waals surface area contributed by atoms with E-state index in [-0.39, 0.29) is 5.75 Å². The van der Waals surface area contributed by atoms with Gasteiger partial charge in [0.1, 0.15) is 0 Å². The predicted molar refractivity (Wildman–Crippen MR) is 90.0 cm³/mol. The predicted octanol–water partition coefficient (Wildman–Crippen LogP) is 4.14. The maximum atomic E-state index is 9.52. The molecule has 3 heteroatoms. The fourth-order valence-electron chi connectivity index (χ4n) is 1.93. The molecule has 2 aromatic carbocycles. The van der Waals surface area contributed by atoms with Crippen molar-refractivity contribution in [2.75, 3.05) is 20.3 Å². The third kappa shape index (κ3) is 5.11. The molecule has 114 valence electrons. The Morgan fingerprint density at radius 3 is 2.27 bits per heavy atom. The van der Waals surface area contributed by atoms with E-state index in [0.29, 0.717) is 19.0 Å². The van der Waals surface area contributed by atoms with Crippen LogP contribution in [0.5, 0.6) is 11.5 Å². The first-order chi connectivity index (χ1) is 10.8. The third-order valence-electron chi connectivity index (χ3n) is 3.05. The van der Waals surface area contributed by atoms with E-state index < -0.39 is 0 Å². The van der Waals surface area contributed by atoms with E-state index in [1.165, 1.54) is 7.11 Å². The Kier molecular flexibility index (Phi) is 6.27. The zero-order valence-electron chi connectivity index (χ0n) is 12.6. The van der Waals surface area contributed by atoms with Gasteiger partial charge in [-0.3, -0.25) is 0 Å². The Balaban J connectivity index is 1.73. The molecule has 0 spiro atoms. The van der Waals surface area contributed by atoms with Gasteiger partial charge in [0.25, 0.3) is 0 Å². The summed E-state index contributed by atoms with van der Waals surface area (Å²) in [5, 5.41) is 9.52. The van der Waals surface area contributed by atoms with Gasteiger partial charge in [0.05, 0.1) is 20.3 Å². The fraction of sp³-hybridized carbons (Fsp3) is 0.158. The number of hydrogen-bond acceptors (Lipinski definition) is 3. The lowest BCUT2D eigenvalue weighted by molar-refractivity contribution is 0.195. The highest BCUT2D eigenvalue weighted by Crippen LogP contribution is 2.26. The monoisotopic (exact) mass is 296 g/mol. The fourth-order valence-corrected chi connectivity index (χ4v) is 1.93. The smallest absolute Gasteiger partial charge is 0.161 e. The van der Waals surface area contributed by atoms with Crippen molar-refractivity contribution in [3.05, 3.63) is 71.8 Å². The van der Waals surface area contributed by atoms with E-state index >= 15 is 0 Å². The van der Waals surface area contributed by atoms with Crippen molar-refractivity contribution in [2.45, 2.75) is 0 Å². The summed E-state index contributed by atoms with van der Waals surface area (Å²) in [6, 6.07) is 15.3. The molecule has 0 aliphatic rings. The zero-order valence-corrected chi connectivity index (χ0v) is 12.6. The molecule has 1 N–H and O–H groups in total. The van der Waals surface area contributed by atoms with Gasteiger partial charge in [-0.25, -0.2) is 0 Å². The number of methoxy groups -OCH3 is 1. The molecular formula is C19H20O3. The van der Waals surface area contributed by atoms with Crippen molar-refractivity contribution < 1.29 is 14.6 Å². The number of phenolic OH excluding ortho intramolecular Hbond substituents is 1. The zero-order chi connectivity index (χ0) is 15.6. The topological polar surface area (TPSA) is 38.7 Å². The van der Waals surface area contributed by atoms with Gasteiger partial charge < -0.3 is 14.6 Å². The van der Waals surface area contributed by atoms with E-state index in [9.17, 15) is 5.11 Å². The first-order valence-electron chi connectivity index (χ1n) is 7.12. The molecule has 2 aromatic rings. The highest BCUT2D eigenvalue weighted by molar-refractivity contribution is 5.55. The van der Waals surface area contributed by atoms with Crippen LogP contribution in [0.2, 0.25) is 0 Å². The molecule has 0 fully saturated rings. The number of hydrogen-bond donors (Lipinski definition) is 1. The van der Waals surface area contributed by atoms with E-state index in [1.54, 1.807) is 12.1 Å². The van der Waals surface area contributed by atoms with Gasteiger partial charge in [0.2, 0.25) is 0 Å². The quantitative estimate of drug-likeness (QED) is 0.780. The van der Waals surface area contributed by atoms with Crippen molar-refractivity contribution in [1.29, 1.82) is 0 Å². The first kappa shape index (κ1) is 15.9. The summed E-state index contributed by atoms with van der Waals surface area (Å²) >= 11 is 0. The summed E-state index contributed by atoms with van der Waals surface area (Å²) in [6.07, 6.45) is 7.90. The van der Waals surface area contributed by atoms with Crippen LogP contribution in [0, 0.1) is 0 Å². The average molecular weight is 296 g/mol. The van der Waals surface area contributed by atoms with Gasteiger partial charge in [0.15, 0.2) is 11.5 Å². The lowest BCUT2D eigenvalue weighted by Gasteiger charge is -2.03. The number of benzene rings is 2. The molecule has 0 radical (unpaired) electrons. The first-order valence-corrected chi connectivity index (χ1v) is 7.12. The van der Waals surface area contributed by atoms with Crippen molar-refractivity contribution in [1.82, 2.24) is 0 Å². The molecule has 0 atom stereocenters. The van der Waals surface area contributed by atoms with Crippen LogP contribution in [0.15, 0.2) is 60.7 Å². The van der Waals surface area contributed by atoms with E-state index in [1.807, 2.05) is 48.6 Å². The normalized spacial score (nSPS) is 11.3. The minimum Gasteiger partial charge on any atom is -0.504 e. The standard InChI is InChI=1S/C19H20O3/c1-21-19-15-17(11-12-18(19)20)10-6-14-22-13-5-9-16-7-3-2-4-8-16/h2-12,15,20H,13-14H2,1H3/b9-5?,10-6+. The molecular weight excluding hydrogens is 276 g/mol. The van der Waals surface area contributed by atoms with Crippen LogP contribution < -0.4 is 4.74 Å². The molecule has 0 aliphatic heterocycles. The molecule has 0 aromatic heterocycles. The number of rotatable bonds is 7. The Bertz CT molecular complexity index is 630. The lowest BCUT2D eigenvalue weighted by Crippen LogP contribution is -1.90. The van der Waals surface area contributed by atoms with Crippen LogP contribution in [0.3, 0.4) is 0 Å². The second kappa shape index (κ2) is 8.70. The minimum atomic E-state index is 0.141. The van der Waals surface area contributed by atoms with Gasteiger partial charge in [0, 0.05) is 0 Å². The SMILES string of the molecule is COc1cc(/C=C/COCC=Cc2ccccc2)ccc1O. The molecule has 2 rings (SSSR count). The van der Waals surface area contributed by atoms with E-state index in [0.717, 1.165) is 11.1 Å². The summed E-state index contributed by atoms with van der Waals surface area (Å²) in [5.74, 6) is 0.607. The second-order valence-electron chi connectivity index (χ2n) is 4.68. The Morgan fingerprint density at radius 2 is 1.59 bits per heavy atom. The van der Waals surface area contributed by atoms with Crippen LogP contribution in [0.25, 0.3) is 12.2 Å². The summed E-state index contributed by atoms with van der Waals surface area (Å²) in [7, 11) is 1.53. The Morgan fingerprint density at radius 1 is 0.909 bits per heavy atom. The van der Waals surface area contributed by atoms with Gasteiger partial charge in [-0.05, 0) is 23.3 Å². The number of ether oxygens (including phenoxy) is 2. The van der Waals surface area contributed by atoms with Crippen LogP contribution in [0.4, 0.5) is 0 Å². The highest BCUT2D eigenvalue weighted by Gasteiger charge is 1.99. The largest absolute Gasteiger partial charge is 0.504 e. The number of aromatic hydroxyl groups is 1. The van der Waals surface area contributed by atoms with Crippen LogP contribution in [-0.2, 0) is 4.74 Å². The van der Waals surface area contributed by atoms with Crippen molar-refractivity contribution >= 4 is 12.2 Å². The van der Waals surface area contributed by atoms with Crippen LogP contribution in [0.1, 0.15) is 11.1 Å². The molecule has 0 heterocycles. The minimum absolute atomic E-state index is 0.141. The molecule has 0 amide bonds. The summed E-state index contributed by atoms with van der Waals surface area (Å²) in [4.78, 5) is 0. The van der Waals surface area contributed by atoms with Gasteiger partial charge in [-0.2, -0.15) is 0 Å². The Labute approximate surface area is 131 Å². The lowest BCUT2D eigenvalue weighted by atomic mass is 10.2. The van der Waals surface area contributed by atoms with Crippen LogP contribution >= 0.6 is 0 Å². The molecule has 0 saturated heterocycles. The van der Waals surface area contributed by atoms with Crippen molar-refractivity contribution in [3.63, 3.8) is 0 Å². The summed E-state index contributed by atoms with van der Waals surface area (Å²) in [6.45, 7) is 1.10. The molecule has 0 aliphatic carbocycles. The molecule has 0 unspecified atom stereocenters. The van der Waals surface area contributed by atoms with Crippen LogP contribution in [-0.4, -0.2) is 25.4 Å². The molecule has 22 heavy (non-hydrogen) atoms.